The van der Waals surface area contributed by atoms with Gasteiger partial charge in [-0.3, -0.25) is 14.5 Å². The van der Waals surface area contributed by atoms with E-state index in [4.69, 9.17) is 5.73 Å². The van der Waals surface area contributed by atoms with Gasteiger partial charge in [-0.2, -0.15) is 0 Å². The number of carbonyl (C=O) groups is 2. The Morgan fingerprint density at radius 3 is 2.71 bits per heavy atom. The molecule has 24 heavy (non-hydrogen) atoms. The normalized spacial score (nSPS) is 18.5. The van der Waals surface area contributed by atoms with E-state index in [1.807, 2.05) is 0 Å². The number of hydrogen-bond donors (Lipinski definition) is 1. The summed E-state index contributed by atoms with van der Waals surface area (Å²) in [5.41, 5.74) is 5.87. The topological polar surface area (TPSA) is 89.2 Å². The van der Waals surface area contributed by atoms with Crippen molar-refractivity contribution in [3.05, 3.63) is 35.6 Å². The summed E-state index contributed by atoms with van der Waals surface area (Å²) in [7, 11) is 0. The van der Waals surface area contributed by atoms with Gasteiger partial charge in [0.1, 0.15) is 5.82 Å². The van der Waals surface area contributed by atoms with Crippen LogP contribution in [0.25, 0.3) is 0 Å². The molecular weight excluding hydrogens is 351 g/mol. The number of thioether (sulfide) groups is 1. The highest BCUT2D eigenvalue weighted by Gasteiger charge is 2.32. The third-order valence-electron chi connectivity index (χ3n) is 3.64. The maximum atomic E-state index is 13.0. The Kier molecular flexibility index (Phi) is 5.10. The molecule has 9 heteroatoms. The minimum Gasteiger partial charge on any atom is -0.374 e. The second kappa shape index (κ2) is 7.27. The Balaban J connectivity index is 1.78. The van der Waals surface area contributed by atoms with Crippen LogP contribution in [0.15, 0.2) is 28.6 Å². The molecule has 1 aliphatic rings. The fourth-order valence-electron chi connectivity index (χ4n) is 2.46. The monoisotopic (exact) mass is 366 g/mol. The van der Waals surface area contributed by atoms with E-state index in [9.17, 15) is 14.0 Å². The Morgan fingerprint density at radius 1 is 1.29 bits per heavy atom. The molecule has 1 fully saturated rings. The van der Waals surface area contributed by atoms with Crippen LogP contribution in [0.5, 0.6) is 0 Å². The Hall–Kier alpha value is -2.00. The lowest BCUT2D eigenvalue weighted by atomic mass is 10.2. The number of nitrogens with zero attached hydrogens (tertiary/aromatic N) is 3. The van der Waals surface area contributed by atoms with E-state index < -0.39 is 17.0 Å². The fourth-order valence-corrected chi connectivity index (χ4v) is 4.44. The molecule has 1 aliphatic heterocycles. The van der Waals surface area contributed by atoms with Crippen LogP contribution in [0, 0.1) is 5.82 Å². The van der Waals surface area contributed by atoms with E-state index in [-0.39, 0.29) is 5.91 Å². The average molecular weight is 366 g/mol. The smallest absolute Gasteiger partial charge is 0.260 e. The predicted octanol–water partition coefficient (Wildman–Crippen LogP) is 2.57. The highest BCUT2D eigenvalue weighted by atomic mass is 32.2. The summed E-state index contributed by atoms with van der Waals surface area (Å²) >= 11 is 2.51. The summed E-state index contributed by atoms with van der Waals surface area (Å²) in [6.07, 6.45) is 2.25. The molecule has 2 aromatic rings. The SMILES string of the molecule is Nc1nnc(S[C@@H]2CCCCN(C(=O)c3ccc(F)cc3)C2=O)s1. The maximum Gasteiger partial charge on any atom is 0.260 e. The number of rotatable bonds is 3. The molecule has 0 radical (unpaired) electrons. The molecule has 0 aliphatic carbocycles. The van der Waals surface area contributed by atoms with Crippen LogP contribution in [-0.4, -0.2) is 38.7 Å². The van der Waals surface area contributed by atoms with Gasteiger partial charge in [-0.05, 0) is 37.1 Å². The highest BCUT2D eigenvalue weighted by Crippen LogP contribution is 2.33. The van der Waals surface area contributed by atoms with Gasteiger partial charge in [0, 0.05) is 12.1 Å². The fraction of sp³-hybridized carbons (Fsp3) is 0.333. The summed E-state index contributed by atoms with van der Waals surface area (Å²) < 4.78 is 13.6. The number of benzene rings is 1. The van der Waals surface area contributed by atoms with Crippen LogP contribution in [0.1, 0.15) is 29.6 Å². The Morgan fingerprint density at radius 2 is 2.04 bits per heavy atom. The van der Waals surface area contributed by atoms with E-state index in [0.29, 0.717) is 28.0 Å². The van der Waals surface area contributed by atoms with Gasteiger partial charge in [0.25, 0.3) is 5.91 Å². The molecule has 0 unspecified atom stereocenters. The first-order valence-corrected chi connectivity index (χ1v) is 9.11. The van der Waals surface area contributed by atoms with Crippen molar-refractivity contribution in [3.63, 3.8) is 0 Å². The minimum atomic E-state index is -0.420. The molecule has 0 saturated carbocycles. The van der Waals surface area contributed by atoms with E-state index in [1.54, 1.807) is 0 Å². The Bertz CT molecular complexity index is 750. The molecule has 6 nitrogen and oxygen atoms in total. The van der Waals surface area contributed by atoms with Crippen molar-refractivity contribution < 1.29 is 14.0 Å². The number of nitrogen functional groups attached to an aromatic ring is 1. The molecule has 3 rings (SSSR count). The molecule has 1 aromatic heterocycles. The van der Waals surface area contributed by atoms with Crippen molar-refractivity contribution in [2.45, 2.75) is 28.9 Å². The first-order chi connectivity index (χ1) is 11.5. The van der Waals surface area contributed by atoms with Gasteiger partial charge in [-0.1, -0.05) is 29.5 Å². The molecule has 1 aromatic carbocycles. The van der Waals surface area contributed by atoms with E-state index >= 15 is 0 Å². The molecule has 2 N–H and O–H groups in total. The zero-order chi connectivity index (χ0) is 17.1. The van der Waals surface area contributed by atoms with Gasteiger partial charge in [0.15, 0.2) is 4.34 Å². The number of nitrogens with two attached hydrogens (primary N) is 1. The Labute approximate surface area is 146 Å². The first-order valence-electron chi connectivity index (χ1n) is 7.41. The van der Waals surface area contributed by atoms with Gasteiger partial charge >= 0.3 is 0 Å². The molecule has 1 saturated heterocycles. The van der Waals surface area contributed by atoms with E-state index in [0.717, 1.165) is 12.8 Å². The van der Waals surface area contributed by atoms with Crippen molar-refractivity contribution in [1.82, 2.24) is 15.1 Å². The second-order valence-corrected chi connectivity index (χ2v) is 7.77. The second-order valence-electron chi connectivity index (χ2n) is 5.31. The van der Waals surface area contributed by atoms with Crippen molar-refractivity contribution in [1.29, 1.82) is 0 Å². The molecule has 2 amide bonds. The van der Waals surface area contributed by atoms with Crippen molar-refractivity contribution >= 4 is 40.0 Å². The minimum absolute atomic E-state index is 0.249. The third-order valence-corrected chi connectivity index (χ3v) is 5.73. The summed E-state index contributed by atoms with van der Waals surface area (Å²) in [5, 5.41) is 7.61. The van der Waals surface area contributed by atoms with Crippen molar-refractivity contribution in [3.8, 4) is 0 Å². The van der Waals surface area contributed by atoms with Crippen LogP contribution < -0.4 is 5.73 Å². The zero-order valence-corrected chi connectivity index (χ0v) is 14.3. The molecule has 126 valence electrons. The number of hydrogen-bond acceptors (Lipinski definition) is 7. The van der Waals surface area contributed by atoms with Crippen LogP contribution in [0.3, 0.4) is 0 Å². The van der Waals surface area contributed by atoms with E-state index in [2.05, 4.69) is 10.2 Å². The first kappa shape index (κ1) is 16.8. The van der Waals surface area contributed by atoms with Gasteiger partial charge in [-0.15, -0.1) is 10.2 Å². The lowest BCUT2D eigenvalue weighted by Crippen LogP contribution is -2.41. The zero-order valence-electron chi connectivity index (χ0n) is 12.6. The van der Waals surface area contributed by atoms with Gasteiger partial charge in [0.2, 0.25) is 11.0 Å². The average Bonchev–Trinajstić information content (AvgIpc) is 2.89. The number of carbonyl (C=O) groups excluding carboxylic acids is 2. The lowest BCUT2D eigenvalue weighted by Gasteiger charge is -2.21. The summed E-state index contributed by atoms with van der Waals surface area (Å²) in [6.45, 7) is 0.365. The summed E-state index contributed by atoms with van der Waals surface area (Å²) in [5.74, 6) is -1.07. The number of likely N-dealkylation sites (tertiary alicyclic amines) is 1. The van der Waals surface area contributed by atoms with E-state index in [1.165, 1.54) is 52.3 Å². The third kappa shape index (κ3) is 3.73. The van der Waals surface area contributed by atoms with Crippen LogP contribution in [0.2, 0.25) is 0 Å². The molecule has 2 heterocycles. The lowest BCUT2D eigenvalue weighted by molar-refractivity contribution is -0.127. The van der Waals surface area contributed by atoms with Crippen molar-refractivity contribution in [2.75, 3.05) is 12.3 Å². The summed E-state index contributed by atoms with van der Waals surface area (Å²) in [6, 6.07) is 5.21. The molecule has 0 spiro atoms. The number of anilines is 1. The van der Waals surface area contributed by atoms with Gasteiger partial charge in [-0.25, -0.2) is 4.39 Å². The van der Waals surface area contributed by atoms with Gasteiger partial charge < -0.3 is 5.73 Å². The van der Waals surface area contributed by atoms with Crippen LogP contribution in [0.4, 0.5) is 9.52 Å². The number of aromatic nitrogens is 2. The molecule has 1 atom stereocenters. The predicted molar refractivity (Wildman–Crippen MR) is 90.3 cm³/mol. The number of imide groups is 1. The van der Waals surface area contributed by atoms with Crippen LogP contribution >= 0.6 is 23.1 Å². The quantitative estimate of drug-likeness (QED) is 0.840. The van der Waals surface area contributed by atoms with Crippen molar-refractivity contribution in [2.24, 2.45) is 0 Å². The number of amides is 2. The maximum absolute atomic E-state index is 13.0. The van der Waals surface area contributed by atoms with Gasteiger partial charge in [0.05, 0.1) is 5.25 Å². The largest absolute Gasteiger partial charge is 0.374 e. The van der Waals surface area contributed by atoms with Crippen LogP contribution in [-0.2, 0) is 4.79 Å². The highest BCUT2D eigenvalue weighted by molar-refractivity contribution is 8.02. The molecule has 0 bridgehead atoms. The summed E-state index contributed by atoms with van der Waals surface area (Å²) in [4.78, 5) is 26.6. The number of halogens is 1. The molecular formula is C15H15FN4O2S2. The standard InChI is InChI=1S/C15H15FN4O2S2/c16-10-6-4-9(5-7-10)12(21)20-8-2-1-3-11(13(20)22)23-15-19-18-14(17)24-15/h4-7,11H,1-3,8H2,(H2,17,18)/t11-/m1/s1.